The summed E-state index contributed by atoms with van der Waals surface area (Å²) in [6.45, 7) is 2.17. The predicted molar refractivity (Wildman–Crippen MR) is 69.6 cm³/mol. The van der Waals surface area contributed by atoms with Crippen molar-refractivity contribution in [1.29, 1.82) is 0 Å². The van der Waals surface area contributed by atoms with E-state index in [4.69, 9.17) is 0 Å². The van der Waals surface area contributed by atoms with E-state index >= 15 is 0 Å². The fourth-order valence-electron chi connectivity index (χ4n) is 2.15. The molecule has 0 radical (unpaired) electrons. The third-order valence-electron chi connectivity index (χ3n) is 3.10. The van der Waals surface area contributed by atoms with Crippen molar-refractivity contribution in [3.05, 3.63) is 17.8 Å². The monoisotopic (exact) mass is 249 g/mol. The van der Waals surface area contributed by atoms with Crippen molar-refractivity contribution >= 4 is 11.7 Å². The van der Waals surface area contributed by atoms with Crippen LogP contribution in [0.4, 0.5) is 5.82 Å². The number of nitrogens with one attached hydrogen (secondary N) is 2. The minimum atomic E-state index is -0.216. The van der Waals surface area contributed by atoms with E-state index in [1.165, 1.54) is 6.42 Å². The predicted octanol–water partition coefficient (Wildman–Crippen LogP) is 0.342. The van der Waals surface area contributed by atoms with Gasteiger partial charge in [-0.25, -0.2) is 0 Å². The summed E-state index contributed by atoms with van der Waals surface area (Å²) in [6, 6.07) is 3.89. The standard InChI is InChI=1S/C12H19N5O/c1-13-12(18)10-5-6-11(16-15-10)14-9-4-3-7-17(2)8-9/h5-6,9H,3-4,7-8H2,1-2H3,(H,13,18)(H,14,16). The molecule has 6 nitrogen and oxygen atoms in total. The first-order valence-electron chi connectivity index (χ1n) is 6.20. The van der Waals surface area contributed by atoms with Gasteiger partial charge in [-0.15, -0.1) is 10.2 Å². The highest BCUT2D eigenvalue weighted by Crippen LogP contribution is 2.13. The number of carbonyl (C=O) groups is 1. The molecule has 98 valence electrons. The van der Waals surface area contributed by atoms with Crippen LogP contribution in [0.5, 0.6) is 0 Å². The third-order valence-corrected chi connectivity index (χ3v) is 3.10. The van der Waals surface area contributed by atoms with Gasteiger partial charge in [0, 0.05) is 19.6 Å². The van der Waals surface area contributed by atoms with Crippen LogP contribution in [-0.2, 0) is 0 Å². The number of hydrogen-bond donors (Lipinski definition) is 2. The lowest BCUT2D eigenvalue weighted by molar-refractivity contribution is 0.0957. The maximum atomic E-state index is 11.3. The Hall–Kier alpha value is -1.69. The molecule has 2 rings (SSSR count). The summed E-state index contributed by atoms with van der Waals surface area (Å²) in [5.74, 6) is 0.509. The minimum Gasteiger partial charge on any atom is -0.365 e. The summed E-state index contributed by atoms with van der Waals surface area (Å²) in [4.78, 5) is 13.6. The van der Waals surface area contributed by atoms with Crippen LogP contribution in [0.15, 0.2) is 12.1 Å². The molecule has 2 N–H and O–H groups in total. The van der Waals surface area contributed by atoms with E-state index in [1.54, 1.807) is 19.2 Å². The van der Waals surface area contributed by atoms with Crippen LogP contribution >= 0.6 is 0 Å². The van der Waals surface area contributed by atoms with Crippen LogP contribution in [0, 0.1) is 0 Å². The first-order valence-corrected chi connectivity index (χ1v) is 6.20. The van der Waals surface area contributed by atoms with Crippen molar-refractivity contribution < 1.29 is 4.79 Å². The molecule has 2 heterocycles. The zero-order valence-electron chi connectivity index (χ0n) is 10.8. The topological polar surface area (TPSA) is 70.2 Å². The molecule has 0 aromatic carbocycles. The molecule has 6 heteroatoms. The van der Waals surface area contributed by atoms with Gasteiger partial charge in [0.1, 0.15) is 5.82 Å². The Kier molecular flexibility index (Phi) is 4.09. The largest absolute Gasteiger partial charge is 0.365 e. The Morgan fingerprint density at radius 1 is 1.44 bits per heavy atom. The van der Waals surface area contributed by atoms with Crippen LogP contribution < -0.4 is 10.6 Å². The molecule has 1 saturated heterocycles. The molecule has 0 saturated carbocycles. The lowest BCUT2D eigenvalue weighted by Gasteiger charge is -2.30. The number of carbonyl (C=O) groups excluding carboxylic acids is 1. The zero-order valence-corrected chi connectivity index (χ0v) is 10.8. The quantitative estimate of drug-likeness (QED) is 0.808. The van der Waals surface area contributed by atoms with Gasteiger partial charge >= 0.3 is 0 Å². The molecule has 0 spiro atoms. The highest BCUT2D eigenvalue weighted by atomic mass is 16.1. The van der Waals surface area contributed by atoms with Crippen molar-refractivity contribution in [3.63, 3.8) is 0 Å². The molecule has 1 unspecified atom stereocenters. The van der Waals surface area contributed by atoms with Crippen molar-refractivity contribution in [3.8, 4) is 0 Å². The molecule has 1 atom stereocenters. The van der Waals surface area contributed by atoms with Gasteiger partial charge in [-0.2, -0.15) is 0 Å². The summed E-state index contributed by atoms with van der Waals surface area (Å²) < 4.78 is 0. The number of nitrogens with zero attached hydrogens (tertiary/aromatic N) is 3. The van der Waals surface area contributed by atoms with Crippen LogP contribution in [0.25, 0.3) is 0 Å². The third kappa shape index (κ3) is 3.16. The van der Waals surface area contributed by atoms with E-state index in [0.29, 0.717) is 11.7 Å². The second-order valence-corrected chi connectivity index (χ2v) is 4.63. The van der Waals surface area contributed by atoms with E-state index in [9.17, 15) is 4.79 Å². The Bertz CT molecular complexity index is 405. The maximum absolute atomic E-state index is 11.3. The molecule has 1 aromatic heterocycles. The van der Waals surface area contributed by atoms with Gasteiger partial charge in [-0.1, -0.05) is 0 Å². The summed E-state index contributed by atoms with van der Waals surface area (Å²) >= 11 is 0. The molecule has 1 aromatic rings. The molecule has 1 aliphatic rings. The van der Waals surface area contributed by atoms with Crippen molar-refractivity contribution in [2.75, 3.05) is 32.5 Å². The Morgan fingerprint density at radius 2 is 2.28 bits per heavy atom. The van der Waals surface area contributed by atoms with E-state index in [0.717, 1.165) is 25.3 Å². The van der Waals surface area contributed by atoms with Crippen molar-refractivity contribution in [2.24, 2.45) is 0 Å². The average Bonchev–Trinajstić information content (AvgIpc) is 2.39. The molecule has 1 aliphatic heterocycles. The fraction of sp³-hybridized carbons (Fsp3) is 0.583. The highest BCUT2D eigenvalue weighted by Gasteiger charge is 2.17. The lowest BCUT2D eigenvalue weighted by atomic mass is 10.1. The second-order valence-electron chi connectivity index (χ2n) is 4.63. The van der Waals surface area contributed by atoms with Gasteiger partial charge in [0.05, 0.1) is 0 Å². The number of likely N-dealkylation sites (tertiary alicyclic amines) is 1. The molecular formula is C12H19N5O. The Balaban J connectivity index is 1.95. The molecule has 1 fully saturated rings. The summed E-state index contributed by atoms with van der Waals surface area (Å²) in [6.07, 6.45) is 2.33. The number of aromatic nitrogens is 2. The highest BCUT2D eigenvalue weighted by molar-refractivity contribution is 5.91. The van der Waals surface area contributed by atoms with Crippen LogP contribution in [-0.4, -0.2) is 54.2 Å². The molecule has 1 amide bonds. The first-order chi connectivity index (χ1) is 8.69. The van der Waals surface area contributed by atoms with E-state index in [-0.39, 0.29) is 5.91 Å². The molecule has 0 bridgehead atoms. The Labute approximate surface area is 107 Å². The van der Waals surface area contributed by atoms with Crippen LogP contribution in [0.3, 0.4) is 0 Å². The van der Waals surface area contributed by atoms with Gasteiger partial charge in [-0.05, 0) is 38.6 Å². The smallest absolute Gasteiger partial charge is 0.271 e. The number of piperidine rings is 1. The SMILES string of the molecule is CNC(=O)c1ccc(NC2CCCN(C)C2)nn1. The van der Waals surface area contributed by atoms with Gasteiger partial charge in [-0.3, -0.25) is 4.79 Å². The number of hydrogen-bond acceptors (Lipinski definition) is 5. The van der Waals surface area contributed by atoms with Gasteiger partial charge in [0.25, 0.3) is 5.91 Å². The molecule has 18 heavy (non-hydrogen) atoms. The second kappa shape index (κ2) is 5.77. The molecular weight excluding hydrogens is 230 g/mol. The van der Waals surface area contributed by atoms with Gasteiger partial charge < -0.3 is 15.5 Å². The van der Waals surface area contributed by atoms with Crippen LogP contribution in [0.1, 0.15) is 23.3 Å². The fourth-order valence-corrected chi connectivity index (χ4v) is 2.15. The lowest BCUT2D eigenvalue weighted by Crippen LogP contribution is -2.39. The number of likely N-dealkylation sites (N-methyl/N-ethyl adjacent to an activating group) is 1. The Morgan fingerprint density at radius 3 is 2.89 bits per heavy atom. The molecule has 0 aliphatic carbocycles. The van der Waals surface area contributed by atoms with Crippen molar-refractivity contribution in [2.45, 2.75) is 18.9 Å². The van der Waals surface area contributed by atoms with Gasteiger partial charge in [0.2, 0.25) is 0 Å². The van der Waals surface area contributed by atoms with E-state index < -0.39 is 0 Å². The minimum absolute atomic E-state index is 0.216. The van der Waals surface area contributed by atoms with Crippen molar-refractivity contribution in [1.82, 2.24) is 20.4 Å². The summed E-state index contributed by atoms with van der Waals surface area (Å²) in [5, 5.41) is 13.8. The maximum Gasteiger partial charge on any atom is 0.271 e. The summed E-state index contributed by atoms with van der Waals surface area (Å²) in [7, 11) is 3.70. The van der Waals surface area contributed by atoms with E-state index in [1.807, 2.05) is 0 Å². The van der Waals surface area contributed by atoms with Crippen LogP contribution in [0.2, 0.25) is 0 Å². The number of anilines is 1. The number of amides is 1. The van der Waals surface area contributed by atoms with Gasteiger partial charge in [0.15, 0.2) is 5.69 Å². The summed E-state index contributed by atoms with van der Waals surface area (Å²) in [5.41, 5.74) is 0.337. The number of rotatable bonds is 3. The van der Waals surface area contributed by atoms with E-state index in [2.05, 4.69) is 32.8 Å². The normalized spacial score (nSPS) is 20.4. The zero-order chi connectivity index (χ0) is 13.0. The first kappa shape index (κ1) is 12.8. The average molecular weight is 249 g/mol.